The Morgan fingerprint density at radius 1 is 1.14 bits per heavy atom. The molecule has 0 atom stereocenters. The number of carboxylic acid groups (broad SMARTS) is 1. The number of amides is 1. The number of hydrogen-bond acceptors (Lipinski definition) is 4. The zero-order chi connectivity index (χ0) is 24.8. The Kier molecular flexibility index (Phi) is 3.80. The van der Waals surface area contributed by atoms with Gasteiger partial charge in [0.15, 0.2) is 23.2 Å². The molecule has 2 aromatic carbocycles. The molecule has 3 rings (SSSR count). The highest BCUT2D eigenvalue weighted by molar-refractivity contribution is 7.12. The topological polar surface area (TPSA) is 75.6 Å². The van der Waals surface area contributed by atoms with Crippen molar-refractivity contribution in [1.29, 1.82) is 0 Å². The SMILES string of the molecule is [2H]c1c([2H])c([2H])c(-c2c(F)c(F)c(NC(=O)c3ccsc3C(=O)O)c(OC)c2F)c([2H])c1[2H]. The normalized spacial score (nSPS) is 13.1. The molecule has 0 saturated heterocycles. The molecule has 5 nitrogen and oxygen atoms in total. The quantitative estimate of drug-likeness (QED) is 0.591. The van der Waals surface area contributed by atoms with E-state index in [0.29, 0.717) is 11.3 Å². The van der Waals surface area contributed by atoms with Crippen LogP contribution in [-0.4, -0.2) is 24.1 Å². The van der Waals surface area contributed by atoms with E-state index in [1.54, 1.807) is 0 Å². The van der Waals surface area contributed by atoms with Crippen molar-refractivity contribution in [1.82, 2.24) is 0 Å². The first-order chi connectivity index (χ1) is 15.4. The molecule has 1 aromatic heterocycles. The number of carbonyl (C=O) groups is 2. The second kappa shape index (κ2) is 7.73. The summed E-state index contributed by atoms with van der Waals surface area (Å²) < 4.78 is 88.7. The maximum Gasteiger partial charge on any atom is 0.346 e. The summed E-state index contributed by atoms with van der Waals surface area (Å²) in [5.41, 5.74) is -3.74. The molecule has 0 aliphatic carbocycles. The molecule has 3 aromatic rings. The average Bonchev–Trinajstić information content (AvgIpc) is 3.27. The van der Waals surface area contributed by atoms with Gasteiger partial charge in [-0.1, -0.05) is 30.2 Å². The average molecular weight is 412 g/mol. The lowest BCUT2D eigenvalue weighted by Crippen LogP contribution is -2.17. The molecule has 0 fully saturated rings. The van der Waals surface area contributed by atoms with Crippen LogP contribution in [0.5, 0.6) is 5.75 Å². The lowest BCUT2D eigenvalue weighted by atomic mass is 10.0. The van der Waals surface area contributed by atoms with Crippen molar-refractivity contribution in [3.8, 4) is 16.9 Å². The fourth-order valence-electron chi connectivity index (χ4n) is 2.37. The number of thiophene rings is 1. The molecule has 0 spiro atoms. The summed E-state index contributed by atoms with van der Waals surface area (Å²) in [5.74, 6) is -9.12. The predicted octanol–water partition coefficient (Wildman–Crippen LogP) is 4.79. The number of aromatic carboxylic acids is 1. The first-order valence-corrected chi connectivity index (χ1v) is 8.25. The Labute approximate surface area is 168 Å². The van der Waals surface area contributed by atoms with Gasteiger partial charge in [-0.25, -0.2) is 18.0 Å². The number of carbonyl (C=O) groups excluding carboxylic acids is 1. The maximum absolute atomic E-state index is 15.3. The highest BCUT2D eigenvalue weighted by Gasteiger charge is 2.29. The number of anilines is 1. The number of ether oxygens (including phenoxy) is 1. The zero-order valence-corrected chi connectivity index (χ0v) is 14.7. The molecule has 0 saturated carbocycles. The number of benzene rings is 2. The lowest BCUT2D eigenvalue weighted by molar-refractivity contribution is 0.0698. The third-order valence-corrected chi connectivity index (χ3v) is 4.48. The van der Waals surface area contributed by atoms with E-state index in [-0.39, 0.29) is 0 Å². The van der Waals surface area contributed by atoms with E-state index >= 15 is 4.39 Å². The summed E-state index contributed by atoms with van der Waals surface area (Å²) in [7, 11) is 0.865. The summed E-state index contributed by atoms with van der Waals surface area (Å²) in [6, 6.07) is -3.49. The van der Waals surface area contributed by atoms with Crippen LogP contribution in [0, 0.1) is 17.5 Å². The van der Waals surface area contributed by atoms with Gasteiger partial charge in [-0.05, 0) is 17.0 Å². The summed E-state index contributed by atoms with van der Waals surface area (Å²) in [6.07, 6.45) is 0. The Balaban J connectivity index is 2.25. The summed E-state index contributed by atoms with van der Waals surface area (Å²) in [5, 5.41) is 12.3. The number of hydrogen-bond donors (Lipinski definition) is 2. The van der Waals surface area contributed by atoms with Crippen LogP contribution in [0.25, 0.3) is 11.1 Å². The minimum absolute atomic E-state index is 0.399. The van der Waals surface area contributed by atoms with E-state index in [0.717, 1.165) is 13.2 Å². The predicted molar refractivity (Wildman–Crippen MR) is 97.5 cm³/mol. The van der Waals surface area contributed by atoms with Crippen LogP contribution in [0.1, 0.15) is 26.9 Å². The van der Waals surface area contributed by atoms with Crippen molar-refractivity contribution in [2.24, 2.45) is 0 Å². The van der Waals surface area contributed by atoms with Gasteiger partial charge in [0.2, 0.25) is 0 Å². The van der Waals surface area contributed by atoms with Crippen LogP contribution >= 0.6 is 11.3 Å². The second-order valence-corrected chi connectivity index (χ2v) is 6.06. The minimum Gasteiger partial charge on any atom is -0.491 e. The van der Waals surface area contributed by atoms with Crippen molar-refractivity contribution < 1.29 is 39.5 Å². The van der Waals surface area contributed by atoms with Crippen LogP contribution in [0.3, 0.4) is 0 Å². The van der Waals surface area contributed by atoms with Gasteiger partial charge in [-0.2, -0.15) is 0 Å². The van der Waals surface area contributed by atoms with Crippen LogP contribution in [0.2, 0.25) is 0 Å². The molecular weight excluding hydrogens is 395 g/mol. The fraction of sp³-hybridized carbons (Fsp3) is 0.0526. The maximum atomic E-state index is 15.3. The lowest BCUT2D eigenvalue weighted by Gasteiger charge is -2.16. The first-order valence-electron chi connectivity index (χ1n) is 9.87. The van der Waals surface area contributed by atoms with Gasteiger partial charge in [0.05, 0.1) is 25.1 Å². The van der Waals surface area contributed by atoms with Crippen molar-refractivity contribution in [3.63, 3.8) is 0 Å². The minimum atomic E-state index is -1.95. The smallest absolute Gasteiger partial charge is 0.346 e. The van der Waals surface area contributed by atoms with Gasteiger partial charge < -0.3 is 15.2 Å². The Morgan fingerprint density at radius 2 is 1.82 bits per heavy atom. The Bertz CT molecular complexity index is 1300. The van der Waals surface area contributed by atoms with E-state index < -0.39 is 92.5 Å². The molecule has 0 bridgehead atoms. The molecule has 2 N–H and O–H groups in total. The standard InChI is InChI=1S/C19H12F3NO4S/c1-27-16-13(21)11(9-5-3-2-4-6-9)12(20)14(22)15(16)23-18(24)10-7-8-28-17(10)19(25)26/h2-8H,1H3,(H,23,24)(H,25,26)/i2D,3D,4D,5D,6D. The molecule has 28 heavy (non-hydrogen) atoms. The zero-order valence-electron chi connectivity index (χ0n) is 18.9. The van der Waals surface area contributed by atoms with Crippen LogP contribution in [0.15, 0.2) is 41.7 Å². The molecule has 0 aliphatic heterocycles. The van der Waals surface area contributed by atoms with E-state index in [4.69, 9.17) is 16.7 Å². The molecule has 1 amide bonds. The van der Waals surface area contributed by atoms with Crippen molar-refractivity contribution in [2.45, 2.75) is 0 Å². The number of nitrogens with one attached hydrogen (secondary N) is 1. The highest BCUT2D eigenvalue weighted by Crippen LogP contribution is 2.40. The Morgan fingerprint density at radius 3 is 2.43 bits per heavy atom. The molecular formula is C19H12F3NO4S. The summed E-state index contributed by atoms with van der Waals surface area (Å²) in [4.78, 5) is 23.3. The molecule has 1 heterocycles. The van der Waals surface area contributed by atoms with Crippen LogP contribution in [0.4, 0.5) is 18.9 Å². The van der Waals surface area contributed by atoms with Crippen LogP contribution in [-0.2, 0) is 0 Å². The fourth-order valence-corrected chi connectivity index (χ4v) is 3.10. The summed E-state index contributed by atoms with van der Waals surface area (Å²) in [6.45, 7) is 0. The largest absolute Gasteiger partial charge is 0.491 e. The summed E-state index contributed by atoms with van der Waals surface area (Å²) >= 11 is 0.698. The van der Waals surface area contributed by atoms with Gasteiger partial charge in [-0.3, -0.25) is 4.79 Å². The monoisotopic (exact) mass is 412 g/mol. The van der Waals surface area contributed by atoms with E-state index in [2.05, 4.69) is 0 Å². The van der Waals surface area contributed by atoms with Gasteiger partial charge in [-0.15, -0.1) is 11.3 Å². The molecule has 0 unspecified atom stereocenters. The number of carboxylic acids is 1. The van der Waals surface area contributed by atoms with E-state index in [1.807, 2.05) is 5.32 Å². The third kappa shape index (κ3) is 3.31. The first kappa shape index (κ1) is 13.8. The van der Waals surface area contributed by atoms with E-state index in [9.17, 15) is 18.4 Å². The Hall–Kier alpha value is -3.33. The van der Waals surface area contributed by atoms with Gasteiger partial charge in [0.1, 0.15) is 10.6 Å². The van der Waals surface area contributed by atoms with Gasteiger partial charge in [0, 0.05) is 0 Å². The third-order valence-electron chi connectivity index (χ3n) is 3.57. The van der Waals surface area contributed by atoms with Gasteiger partial charge >= 0.3 is 5.97 Å². The number of rotatable bonds is 5. The van der Waals surface area contributed by atoms with E-state index in [1.165, 1.54) is 5.38 Å². The van der Waals surface area contributed by atoms with Crippen molar-refractivity contribution in [3.05, 3.63) is 69.6 Å². The highest BCUT2D eigenvalue weighted by atomic mass is 32.1. The molecule has 144 valence electrons. The molecule has 0 aliphatic rings. The van der Waals surface area contributed by atoms with Crippen molar-refractivity contribution in [2.75, 3.05) is 12.4 Å². The second-order valence-electron chi connectivity index (χ2n) is 5.15. The van der Waals surface area contributed by atoms with Crippen molar-refractivity contribution >= 4 is 28.9 Å². The number of halogens is 3. The molecule has 9 heteroatoms. The van der Waals surface area contributed by atoms with Gasteiger partial charge in [0.25, 0.3) is 5.91 Å². The van der Waals surface area contributed by atoms with Crippen LogP contribution < -0.4 is 10.1 Å². The molecule has 0 radical (unpaired) electrons. The number of methoxy groups -OCH3 is 1.